The fourth-order valence-corrected chi connectivity index (χ4v) is 3.17. The lowest BCUT2D eigenvalue weighted by atomic mass is 9.97. The van der Waals surface area contributed by atoms with Gasteiger partial charge in [-0.2, -0.15) is 0 Å². The van der Waals surface area contributed by atoms with Crippen LogP contribution in [0.15, 0.2) is 12.1 Å². The summed E-state index contributed by atoms with van der Waals surface area (Å²) in [5.41, 5.74) is 9.71. The van der Waals surface area contributed by atoms with Gasteiger partial charge in [0.15, 0.2) is 0 Å². The van der Waals surface area contributed by atoms with Crippen LogP contribution in [0.4, 0.5) is 5.69 Å². The summed E-state index contributed by atoms with van der Waals surface area (Å²) < 4.78 is 0. The molecule has 0 radical (unpaired) electrons. The summed E-state index contributed by atoms with van der Waals surface area (Å²) in [7, 11) is 1.83. The van der Waals surface area contributed by atoms with Gasteiger partial charge in [-0.1, -0.05) is 13.0 Å². The van der Waals surface area contributed by atoms with E-state index in [9.17, 15) is 4.79 Å². The van der Waals surface area contributed by atoms with Crippen LogP contribution in [0.2, 0.25) is 0 Å². The van der Waals surface area contributed by atoms with Gasteiger partial charge >= 0.3 is 0 Å². The highest BCUT2D eigenvalue weighted by Crippen LogP contribution is 2.34. The predicted octanol–water partition coefficient (Wildman–Crippen LogP) is 2.55. The summed E-state index contributed by atoms with van der Waals surface area (Å²) in [5, 5.41) is 3.44. The van der Waals surface area contributed by atoms with E-state index in [1.165, 1.54) is 0 Å². The Morgan fingerprint density at radius 3 is 2.79 bits per heavy atom. The van der Waals surface area contributed by atoms with Crippen molar-refractivity contribution in [3.63, 3.8) is 0 Å². The lowest BCUT2D eigenvalue weighted by molar-refractivity contribution is 0.0781. The summed E-state index contributed by atoms with van der Waals surface area (Å²) in [5.74, 6) is 1.01. The molecule has 0 spiro atoms. The Bertz CT molecular complexity index is 502. The molecule has 1 unspecified atom stereocenters. The molecular weight excluding hydrogens is 258 g/mol. The topological polar surface area (TPSA) is 58.4 Å². The van der Waals surface area contributed by atoms with Gasteiger partial charge in [0.05, 0.1) is 11.3 Å². The number of amides is 1. The second-order valence-corrected chi connectivity index (χ2v) is 6.29. The zero-order chi connectivity index (χ0) is 14.2. The van der Waals surface area contributed by atoms with Crippen molar-refractivity contribution < 1.29 is 4.79 Å². The Balaban J connectivity index is 2.52. The fraction of sp³-hybridized carbons (Fsp3) is 0.500. The normalized spacial score (nSPS) is 19.9. The molecule has 1 aliphatic heterocycles. The molecule has 0 saturated heterocycles. The van der Waals surface area contributed by atoms with Crippen molar-refractivity contribution >= 4 is 23.4 Å². The first kappa shape index (κ1) is 14.2. The van der Waals surface area contributed by atoms with Crippen molar-refractivity contribution in [2.75, 3.05) is 18.1 Å². The number of hydrogen-bond acceptors (Lipinski definition) is 4. The first-order valence-electron chi connectivity index (χ1n) is 6.51. The van der Waals surface area contributed by atoms with Crippen LogP contribution in [-0.2, 0) is 0 Å². The summed E-state index contributed by atoms with van der Waals surface area (Å²) in [4.78, 5) is 14.2. The number of nitrogens with two attached hydrogens (primary N) is 1. The Labute approximate surface area is 118 Å². The Morgan fingerprint density at radius 2 is 2.21 bits per heavy atom. The van der Waals surface area contributed by atoms with Crippen molar-refractivity contribution in [3.05, 3.63) is 28.8 Å². The van der Waals surface area contributed by atoms with Gasteiger partial charge in [0, 0.05) is 13.1 Å². The van der Waals surface area contributed by atoms with Gasteiger partial charge in [0.2, 0.25) is 0 Å². The largest absolute Gasteiger partial charge is 0.356 e. The first-order chi connectivity index (χ1) is 8.95. The zero-order valence-corrected chi connectivity index (χ0v) is 12.7. The van der Waals surface area contributed by atoms with Crippen LogP contribution in [0.5, 0.6) is 0 Å². The molecule has 1 amide bonds. The smallest absolute Gasteiger partial charge is 0.258 e. The Kier molecular flexibility index (Phi) is 4.06. The number of anilines is 1. The molecule has 2 rings (SSSR count). The molecule has 0 aromatic heterocycles. The number of thioether (sulfide) groups is 1. The Morgan fingerprint density at radius 1 is 1.53 bits per heavy atom. The number of aryl methyl sites for hydroxylation is 1. The third-order valence-corrected chi connectivity index (χ3v) is 4.38. The minimum absolute atomic E-state index is 0.0230. The average molecular weight is 279 g/mol. The van der Waals surface area contributed by atoms with Crippen LogP contribution in [-0.4, -0.2) is 29.1 Å². The van der Waals surface area contributed by atoms with E-state index in [1.54, 1.807) is 16.7 Å². The van der Waals surface area contributed by atoms with E-state index in [0.29, 0.717) is 0 Å². The van der Waals surface area contributed by atoms with Crippen molar-refractivity contribution in [1.82, 2.24) is 4.90 Å². The number of rotatable bonds is 3. The molecular formula is C14H21N3OS. The molecule has 0 saturated carbocycles. The number of hydrogen-bond donors (Lipinski definition) is 2. The fourth-order valence-electron chi connectivity index (χ4n) is 2.33. The second-order valence-electron chi connectivity index (χ2n) is 4.93. The molecule has 4 nitrogen and oxygen atoms in total. The number of carbonyl (C=O) groups is 1. The highest BCUT2D eigenvalue weighted by atomic mass is 32.2. The van der Waals surface area contributed by atoms with Gasteiger partial charge in [0.25, 0.3) is 5.91 Å². The summed E-state index contributed by atoms with van der Waals surface area (Å²) in [6.07, 6.45) is 0. The van der Waals surface area contributed by atoms with E-state index in [4.69, 9.17) is 5.73 Å². The minimum atomic E-state index is -0.0929. The van der Waals surface area contributed by atoms with Crippen molar-refractivity contribution in [3.8, 4) is 0 Å². The number of nitrogens with zero attached hydrogens (tertiary/aromatic N) is 1. The van der Waals surface area contributed by atoms with E-state index < -0.39 is 0 Å². The molecule has 1 aromatic rings. The van der Waals surface area contributed by atoms with Gasteiger partial charge in [-0.05, 0) is 36.8 Å². The van der Waals surface area contributed by atoms with Crippen LogP contribution in [0, 0.1) is 6.92 Å². The molecule has 104 valence electrons. The second kappa shape index (κ2) is 5.43. The third kappa shape index (κ3) is 2.58. The zero-order valence-electron chi connectivity index (χ0n) is 11.9. The van der Waals surface area contributed by atoms with Gasteiger partial charge in [0.1, 0.15) is 5.50 Å². The van der Waals surface area contributed by atoms with Crippen LogP contribution in [0.1, 0.15) is 41.4 Å². The molecule has 0 fully saturated rings. The van der Waals surface area contributed by atoms with Gasteiger partial charge in [-0.3, -0.25) is 4.79 Å². The van der Waals surface area contributed by atoms with Crippen molar-refractivity contribution in [2.24, 2.45) is 5.73 Å². The highest BCUT2D eigenvalue weighted by Gasteiger charge is 2.31. The maximum atomic E-state index is 12.5. The maximum Gasteiger partial charge on any atom is 0.258 e. The number of nitrogens with one attached hydrogen (secondary N) is 1. The van der Waals surface area contributed by atoms with Crippen molar-refractivity contribution in [2.45, 2.75) is 32.3 Å². The van der Waals surface area contributed by atoms with Crippen LogP contribution < -0.4 is 11.1 Å². The van der Waals surface area contributed by atoms with E-state index in [1.807, 2.05) is 27.0 Å². The summed E-state index contributed by atoms with van der Waals surface area (Å²) >= 11 is 1.71. The van der Waals surface area contributed by atoms with Gasteiger partial charge in [-0.15, -0.1) is 11.8 Å². The molecule has 1 aliphatic rings. The Hall–Kier alpha value is -1.20. The lowest BCUT2D eigenvalue weighted by Crippen LogP contribution is -2.45. The quantitative estimate of drug-likeness (QED) is 0.892. The SMILES string of the molecule is CCSC1Nc2c(cc(C)cc2[C@@H](C)N)C(=O)N1C. The molecule has 19 heavy (non-hydrogen) atoms. The van der Waals surface area contributed by atoms with E-state index in [0.717, 1.165) is 28.1 Å². The summed E-state index contributed by atoms with van der Waals surface area (Å²) in [6.45, 7) is 6.02. The molecule has 0 bridgehead atoms. The van der Waals surface area contributed by atoms with E-state index >= 15 is 0 Å². The summed E-state index contributed by atoms with van der Waals surface area (Å²) in [6, 6.07) is 3.90. The van der Waals surface area contributed by atoms with Crippen LogP contribution in [0.25, 0.3) is 0 Å². The predicted molar refractivity (Wildman–Crippen MR) is 81.4 cm³/mol. The van der Waals surface area contributed by atoms with Crippen LogP contribution >= 0.6 is 11.8 Å². The third-order valence-electron chi connectivity index (χ3n) is 3.30. The van der Waals surface area contributed by atoms with E-state index in [-0.39, 0.29) is 17.4 Å². The van der Waals surface area contributed by atoms with Crippen LogP contribution in [0.3, 0.4) is 0 Å². The molecule has 3 N–H and O–H groups in total. The van der Waals surface area contributed by atoms with Gasteiger partial charge in [-0.25, -0.2) is 0 Å². The monoisotopic (exact) mass is 279 g/mol. The highest BCUT2D eigenvalue weighted by molar-refractivity contribution is 7.99. The molecule has 1 heterocycles. The maximum absolute atomic E-state index is 12.5. The number of carbonyl (C=O) groups excluding carboxylic acids is 1. The lowest BCUT2D eigenvalue weighted by Gasteiger charge is -2.36. The molecule has 0 aliphatic carbocycles. The molecule has 1 aromatic carbocycles. The van der Waals surface area contributed by atoms with Gasteiger partial charge < -0.3 is 16.0 Å². The average Bonchev–Trinajstić information content (AvgIpc) is 2.36. The molecule has 2 atom stereocenters. The first-order valence-corrected chi connectivity index (χ1v) is 7.56. The minimum Gasteiger partial charge on any atom is -0.356 e. The number of benzene rings is 1. The number of fused-ring (bicyclic) bond motifs is 1. The van der Waals surface area contributed by atoms with Crippen molar-refractivity contribution in [1.29, 1.82) is 0 Å². The standard InChI is InChI=1S/C14H21N3OS/c1-5-19-14-16-12-10(9(3)15)6-8(2)7-11(12)13(18)17(14)4/h6-7,9,14,16H,5,15H2,1-4H3/t9-,14?/m1/s1. The molecule has 5 heteroatoms. The van der Waals surface area contributed by atoms with E-state index in [2.05, 4.69) is 18.3 Å².